The van der Waals surface area contributed by atoms with Crippen LogP contribution in [0.25, 0.3) is 0 Å². The van der Waals surface area contributed by atoms with Gasteiger partial charge in [0.25, 0.3) is 0 Å². The maximum Gasteiger partial charge on any atom is 0.315 e. The third-order valence-corrected chi connectivity index (χ3v) is 3.38. The predicted octanol–water partition coefficient (Wildman–Crippen LogP) is 0.980. The van der Waals surface area contributed by atoms with Gasteiger partial charge in [0.05, 0.1) is 0 Å². The number of nitrogens with one attached hydrogen (secondary N) is 3. The molecule has 15 heavy (non-hydrogen) atoms. The summed E-state index contributed by atoms with van der Waals surface area (Å²) in [5.41, 5.74) is 0. The Morgan fingerprint density at radius 1 is 1.27 bits per heavy atom. The van der Waals surface area contributed by atoms with Crippen LogP contribution in [0.4, 0.5) is 4.79 Å². The molecule has 4 heteroatoms. The standard InChI is InChI=1S/C11H21N3O/c15-11(14-10-3-1-4-10)13-8-6-9-5-2-7-12-9/h9-10,12H,1-8H2,(H2,13,14,15)/t9-/m1/s1. The minimum absolute atomic E-state index is 0.0118. The summed E-state index contributed by atoms with van der Waals surface area (Å²) in [5, 5.41) is 9.31. The lowest BCUT2D eigenvalue weighted by Crippen LogP contribution is -2.45. The molecular weight excluding hydrogens is 190 g/mol. The van der Waals surface area contributed by atoms with E-state index in [9.17, 15) is 4.79 Å². The highest BCUT2D eigenvalue weighted by atomic mass is 16.2. The number of urea groups is 1. The molecule has 2 rings (SSSR count). The highest BCUT2D eigenvalue weighted by molar-refractivity contribution is 5.74. The molecule has 0 spiro atoms. The van der Waals surface area contributed by atoms with E-state index < -0.39 is 0 Å². The van der Waals surface area contributed by atoms with Crippen molar-refractivity contribution in [3.05, 3.63) is 0 Å². The first-order valence-corrected chi connectivity index (χ1v) is 6.12. The van der Waals surface area contributed by atoms with E-state index in [1.165, 1.54) is 19.3 Å². The molecule has 86 valence electrons. The average molecular weight is 211 g/mol. The molecule has 0 unspecified atom stereocenters. The van der Waals surface area contributed by atoms with Gasteiger partial charge in [-0.3, -0.25) is 0 Å². The van der Waals surface area contributed by atoms with E-state index in [0.29, 0.717) is 12.1 Å². The number of carbonyl (C=O) groups is 1. The Bertz CT molecular complexity index is 210. The van der Waals surface area contributed by atoms with Gasteiger partial charge in [0, 0.05) is 18.6 Å². The number of hydrogen-bond donors (Lipinski definition) is 3. The van der Waals surface area contributed by atoms with Gasteiger partial charge >= 0.3 is 6.03 Å². The Balaban J connectivity index is 1.50. The fraction of sp³-hybridized carbons (Fsp3) is 0.909. The summed E-state index contributed by atoms with van der Waals surface area (Å²) in [4.78, 5) is 11.4. The second-order valence-corrected chi connectivity index (χ2v) is 4.61. The van der Waals surface area contributed by atoms with Crippen molar-refractivity contribution in [1.29, 1.82) is 0 Å². The van der Waals surface area contributed by atoms with Gasteiger partial charge in [-0.1, -0.05) is 0 Å². The Kier molecular flexibility index (Phi) is 3.83. The quantitative estimate of drug-likeness (QED) is 0.649. The number of hydrogen-bond acceptors (Lipinski definition) is 2. The van der Waals surface area contributed by atoms with Gasteiger partial charge in [0.1, 0.15) is 0 Å². The molecule has 1 aliphatic carbocycles. The summed E-state index contributed by atoms with van der Waals surface area (Å²) in [6.45, 7) is 1.93. The van der Waals surface area contributed by atoms with Crippen molar-refractivity contribution in [3.63, 3.8) is 0 Å². The van der Waals surface area contributed by atoms with Crippen molar-refractivity contribution >= 4 is 6.03 Å². The maximum absolute atomic E-state index is 11.4. The highest BCUT2D eigenvalue weighted by Crippen LogP contribution is 2.17. The molecule has 2 amide bonds. The van der Waals surface area contributed by atoms with Crippen LogP contribution in [0.3, 0.4) is 0 Å². The van der Waals surface area contributed by atoms with Crippen LogP contribution in [0.1, 0.15) is 38.5 Å². The Labute approximate surface area is 91.2 Å². The predicted molar refractivity (Wildman–Crippen MR) is 59.8 cm³/mol. The van der Waals surface area contributed by atoms with Crippen LogP contribution in [0.5, 0.6) is 0 Å². The van der Waals surface area contributed by atoms with Gasteiger partial charge < -0.3 is 16.0 Å². The van der Waals surface area contributed by atoms with Crippen LogP contribution < -0.4 is 16.0 Å². The Morgan fingerprint density at radius 3 is 2.73 bits per heavy atom. The van der Waals surface area contributed by atoms with E-state index >= 15 is 0 Å². The molecule has 1 saturated heterocycles. The van der Waals surface area contributed by atoms with Gasteiger partial charge in [-0.25, -0.2) is 4.79 Å². The van der Waals surface area contributed by atoms with Crippen molar-refractivity contribution in [1.82, 2.24) is 16.0 Å². The first-order chi connectivity index (χ1) is 7.34. The lowest BCUT2D eigenvalue weighted by Gasteiger charge is -2.26. The van der Waals surface area contributed by atoms with Crippen LogP contribution in [0.2, 0.25) is 0 Å². The minimum Gasteiger partial charge on any atom is -0.338 e. The molecule has 4 nitrogen and oxygen atoms in total. The van der Waals surface area contributed by atoms with Crippen LogP contribution in [-0.2, 0) is 0 Å². The highest BCUT2D eigenvalue weighted by Gasteiger charge is 2.19. The van der Waals surface area contributed by atoms with Gasteiger partial charge in [-0.05, 0) is 45.1 Å². The smallest absolute Gasteiger partial charge is 0.315 e. The second-order valence-electron chi connectivity index (χ2n) is 4.61. The summed E-state index contributed by atoms with van der Waals surface area (Å²) in [5.74, 6) is 0. The van der Waals surface area contributed by atoms with Crippen LogP contribution >= 0.6 is 0 Å². The largest absolute Gasteiger partial charge is 0.338 e. The van der Waals surface area contributed by atoms with Gasteiger partial charge in [-0.2, -0.15) is 0 Å². The number of rotatable bonds is 4. The van der Waals surface area contributed by atoms with Gasteiger partial charge in [0.15, 0.2) is 0 Å². The third kappa shape index (κ3) is 3.38. The zero-order chi connectivity index (χ0) is 10.5. The van der Waals surface area contributed by atoms with E-state index in [1.54, 1.807) is 0 Å². The zero-order valence-electron chi connectivity index (χ0n) is 9.22. The molecule has 0 radical (unpaired) electrons. The monoisotopic (exact) mass is 211 g/mol. The fourth-order valence-electron chi connectivity index (χ4n) is 2.15. The molecule has 0 aromatic carbocycles. The summed E-state index contributed by atoms with van der Waals surface area (Å²) in [6, 6.07) is 1.07. The van der Waals surface area contributed by atoms with Crippen molar-refractivity contribution in [2.24, 2.45) is 0 Å². The molecule has 3 N–H and O–H groups in total. The van der Waals surface area contributed by atoms with Crippen molar-refractivity contribution in [3.8, 4) is 0 Å². The van der Waals surface area contributed by atoms with Crippen molar-refractivity contribution in [2.75, 3.05) is 13.1 Å². The van der Waals surface area contributed by atoms with Gasteiger partial charge in [-0.15, -0.1) is 0 Å². The fourth-order valence-corrected chi connectivity index (χ4v) is 2.15. The van der Waals surface area contributed by atoms with Crippen LogP contribution in [0, 0.1) is 0 Å². The molecule has 2 aliphatic rings. The average Bonchev–Trinajstić information content (AvgIpc) is 2.64. The second kappa shape index (κ2) is 5.35. The molecule has 0 bridgehead atoms. The normalized spacial score (nSPS) is 26.0. The SMILES string of the molecule is O=C(NCC[C@H]1CCCN1)NC1CCC1. The number of amides is 2. The molecule has 1 heterocycles. The molecule has 0 aromatic rings. The lowest BCUT2D eigenvalue weighted by atomic mass is 9.93. The lowest BCUT2D eigenvalue weighted by molar-refractivity contribution is 0.228. The van der Waals surface area contributed by atoms with E-state index in [4.69, 9.17) is 0 Å². The molecule has 1 saturated carbocycles. The summed E-state index contributed by atoms with van der Waals surface area (Å²) in [6.07, 6.45) is 7.15. The summed E-state index contributed by atoms with van der Waals surface area (Å²) >= 11 is 0. The summed E-state index contributed by atoms with van der Waals surface area (Å²) < 4.78 is 0. The van der Waals surface area contributed by atoms with E-state index in [1.807, 2.05) is 0 Å². The van der Waals surface area contributed by atoms with E-state index in [2.05, 4.69) is 16.0 Å². The molecule has 2 fully saturated rings. The Morgan fingerprint density at radius 2 is 2.13 bits per heavy atom. The van der Waals surface area contributed by atoms with Gasteiger partial charge in [0.2, 0.25) is 0 Å². The number of carbonyl (C=O) groups excluding carboxylic acids is 1. The van der Waals surface area contributed by atoms with E-state index in [-0.39, 0.29) is 6.03 Å². The van der Waals surface area contributed by atoms with E-state index in [0.717, 1.165) is 32.4 Å². The molecule has 1 aliphatic heterocycles. The maximum atomic E-state index is 11.4. The first-order valence-electron chi connectivity index (χ1n) is 6.12. The summed E-state index contributed by atoms with van der Waals surface area (Å²) in [7, 11) is 0. The first kappa shape index (κ1) is 10.7. The van der Waals surface area contributed by atoms with Crippen molar-refractivity contribution in [2.45, 2.75) is 50.6 Å². The molecule has 1 atom stereocenters. The zero-order valence-corrected chi connectivity index (χ0v) is 9.22. The minimum atomic E-state index is 0.0118. The van der Waals surface area contributed by atoms with Crippen LogP contribution in [-0.4, -0.2) is 31.2 Å². The topological polar surface area (TPSA) is 53.2 Å². The molecular formula is C11H21N3O. The van der Waals surface area contributed by atoms with Crippen molar-refractivity contribution < 1.29 is 4.79 Å². The van der Waals surface area contributed by atoms with Crippen LogP contribution in [0.15, 0.2) is 0 Å². The Hall–Kier alpha value is -0.770. The third-order valence-electron chi connectivity index (χ3n) is 3.38. The molecule has 0 aromatic heterocycles.